The first-order valence-electron chi connectivity index (χ1n) is 9.88. The van der Waals surface area contributed by atoms with Gasteiger partial charge in [0, 0.05) is 31.7 Å². The van der Waals surface area contributed by atoms with Gasteiger partial charge in [0.25, 0.3) is 5.88 Å². The van der Waals surface area contributed by atoms with E-state index in [4.69, 9.17) is 19.6 Å². The number of nitrogens with one attached hydrogen (secondary N) is 1. The molecule has 0 spiro atoms. The van der Waals surface area contributed by atoms with Gasteiger partial charge in [-0.25, -0.2) is 9.67 Å². The molecule has 5 rings (SSSR count). The lowest BCUT2D eigenvalue weighted by Gasteiger charge is -2.29. The molecule has 9 heteroatoms. The summed E-state index contributed by atoms with van der Waals surface area (Å²) in [6.45, 7) is 9.08. The second-order valence-corrected chi connectivity index (χ2v) is 7.68. The maximum Gasteiger partial charge on any atom is 0.257 e. The van der Waals surface area contributed by atoms with Crippen molar-refractivity contribution in [2.45, 2.75) is 46.2 Å². The SMILES string of the molecule is Cc1nn2c3nc(ncc13)Nc1c(nn([C@H]3CCOC[C@H]3C)c1C)OCCC2. The predicted molar refractivity (Wildman–Crippen MR) is 104 cm³/mol. The van der Waals surface area contributed by atoms with E-state index in [1.54, 1.807) is 0 Å². The van der Waals surface area contributed by atoms with Crippen LogP contribution in [0.2, 0.25) is 0 Å². The van der Waals surface area contributed by atoms with Gasteiger partial charge >= 0.3 is 0 Å². The fraction of sp³-hybridized carbons (Fsp3) is 0.579. The normalized spacial score (nSPS) is 22.4. The molecule has 0 amide bonds. The van der Waals surface area contributed by atoms with E-state index in [0.29, 0.717) is 30.4 Å². The number of nitrogens with zero attached hydrogens (tertiary/aromatic N) is 6. The van der Waals surface area contributed by atoms with E-state index in [0.717, 1.165) is 60.7 Å². The third kappa shape index (κ3) is 2.81. The van der Waals surface area contributed by atoms with E-state index in [1.807, 2.05) is 17.8 Å². The van der Waals surface area contributed by atoms with Gasteiger partial charge in [-0.05, 0) is 20.3 Å². The van der Waals surface area contributed by atoms with E-state index >= 15 is 0 Å². The van der Waals surface area contributed by atoms with Gasteiger partial charge in [0.2, 0.25) is 5.95 Å². The van der Waals surface area contributed by atoms with Gasteiger partial charge in [0.15, 0.2) is 5.65 Å². The molecular formula is C19H25N7O2. The molecule has 1 saturated heterocycles. The molecule has 2 atom stereocenters. The highest BCUT2D eigenvalue weighted by Gasteiger charge is 2.29. The second-order valence-electron chi connectivity index (χ2n) is 7.68. The lowest BCUT2D eigenvalue weighted by molar-refractivity contribution is 0.0240. The summed E-state index contributed by atoms with van der Waals surface area (Å²) in [5, 5.41) is 13.7. The van der Waals surface area contributed by atoms with Gasteiger partial charge in [-0.2, -0.15) is 10.1 Å². The molecule has 0 unspecified atom stereocenters. The van der Waals surface area contributed by atoms with E-state index < -0.39 is 0 Å². The Morgan fingerprint density at radius 3 is 2.96 bits per heavy atom. The molecule has 0 radical (unpaired) electrons. The summed E-state index contributed by atoms with van der Waals surface area (Å²) >= 11 is 0. The summed E-state index contributed by atoms with van der Waals surface area (Å²) in [4.78, 5) is 9.22. The molecule has 9 nitrogen and oxygen atoms in total. The van der Waals surface area contributed by atoms with Gasteiger partial charge in [-0.3, -0.25) is 4.68 Å². The van der Waals surface area contributed by atoms with Crippen molar-refractivity contribution in [2.24, 2.45) is 5.92 Å². The standard InChI is InChI=1S/C19H25N7O2/c1-11-10-27-8-5-15(11)26-13(3)16-18(24-26)28-7-4-6-25-17-14(12(2)23-25)9-20-19(21-16)22-17/h9,11,15H,4-8,10H2,1-3H3,(H,20,21,22)/t11-,15+/m1/s1. The molecule has 2 aliphatic heterocycles. The minimum atomic E-state index is 0.298. The van der Waals surface area contributed by atoms with E-state index in [1.165, 1.54) is 0 Å². The molecule has 28 heavy (non-hydrogen) atoms. The van der Waals surface area contributed by atoms with Crippen LogP contribution in [0.1, 0.15) is 37.2 Å². The van der Waals surface area contributed by atoms with Crippen molar-refractivity contribution < 1.29 is 9.47 Å². The zero-order chi connectivity index (χ0) is 19.3. The Kier molecular flexibility index (Phi) is 4.19. The van der Waals surface area contributed by atoms with Gasteiger partial charge in [0.1, 0.15) is 5.69 Å². The Hall–Kier alpha value is -2.68. The van der Waals surface area contributed by atoms with Crippen LogP contribution in [0.15, 0.2) is 6.20 Å². The number of fused-ring (bicyclic) bond motifs is 2. The van der Waals surface area contributed by atoms with Gasteiger partial charge < -0.3 is 14.8 Å². The van der Waals surface area contributed by atoms with Crippen LogP contribution >= 0.6 is 0 Å². The van der Waals surface area contributed by atoms with Crippen LogP contribution in [-0.4, -0.2) is 49.3 Å². The van der Waals surface area contributed by atoms with Crippen LogP contribution in [0.3, 0.4) is 0 Å². The fourth-order valence-corrected chi connectivity index (χ4v) is 4.11. The molecule has 3 aromatic heterocycles. The molecule has 148 valence electrons. The number of aromatic nitrogens is 6. The topological polar surface area (TPSA) is 91.9 Å². The number of hydrogen-bond acceptors (Lipinski definition) is 7. The Bertz CT molecular complexity index is 1030. The highest BCUT2D eigenvalue weighted by Crippen LogP contribution is 2.36. The lowest BCUT2D eigenvalue weighted by Crippen LogP contribution is -2.29. The summed E-state index contributed by atoms with van der Waals surface area (Å²) in [5.74, 6) is 1.54. The number of rotatable bonds is 1. The summed E-state index contributed by atoms with van der Waals surface area (Å²) in [7, 11) is 0. The molecule has 2 bridgehead atoms. The summed E-state index contributed by atoms with van der Waals surface area (Å²) < 4.78 is 15.7. The Labute approximate surface area is 163 Å². The highest BCUT2D eigenvalue weighted by molar-refractivity contribution is 5.79. The maximum atomic E-state index is 6.07. The van der Waals surface area contributed by atoms with Crippen molar-refractivity contribution in [1.82, 2.24) is 29.5 Å². The monoisotopic (exact) mass is 383 g/mol. The average Bonchev–Trinajstić information content (AvgIpc) is 3.16. The van der Waals surface area contributed by atoms with Crippen LogP contribution in [0, 0.1) is 19.8 Å². The first-order valence-corrected chi connectivity index (χ1v) is 9.88. The Morgan fingerprint density at radius 2 is 2.11 bits per heavy atom. The van der Waals surface area contributed by atoms with E-state index in [-0.39, 0.29) is 0 Å². The number of anilines is 2. The average molecular weight is 383 g/mol. The van der Waals surface area contributed by atoms with E-state index in [9.17, 15) is 0 Å². The van der Waals surface area contributed by atoms with Crippen molar-refractivity contribution in [3.63, 3.8) is 0 Å². The minimum absolute atomic E-state index is 0.298. The first kappa shape index (κ1) is 17.4. The van der Waals surface area contributed by atoms with Crippen LogP contribution in [0.5, 0.6) is 5.88 Å². The van der Waals surface area contributed by atoms with Gasteiger partial charge in [0.05, 0.1) is 36.0 Å². The van der Waals surface area contributed by atoms with Crippen molar-refractivity contribution >= 4 is 22.7 Å². The van der Waals surface area contributed by atoms with Crippen LogP contribution in [0.25, 0.3) is 11.0 Å². The quantitative estimate of drug-likeness (QED) is 0.691. The van der Waals surface area contributed by atoms with Crippen LogP contribution in [-0.2, 0) is 11.3 Å². The zero-order valence-corrected chi connectivity index (χ0v) is 16.5. The fourth-order valence-electron chi connectivity index (χ4n) is 4.11. The molecule has 0 saturated carbocycles. The van der Waals surface area contributed by atoms with E-state index in [2.05, 4.69) is 33.9 Å². The van der Waals surface area contributed by atoms with Crippen molar-refractivity contribution in [3.05, 3.63) is 17.6 Å². The smallest absolute Gasteiger partial charge is 0.257 e. The van der Waals surface area contributed by atoms with Crippen molar-refractivity contribution in [2.75, 3.05) is 25.1 Å². The number of hydrogen-bond donors (Lipinski definition) is 1. The first-order chi connectivity index (χ1) is 13.6. The van der Waals surface area contributed by atoms with Crippen molar-refractivity contribution in [1.29, 1.82) is 0 Å². The molecule has 0 aromatic carbocycles. The Morgan fingerprint density at radius 1 is 1.21 bits per heavy atom. The van der Waals surface area contributed by atoms with Gasteiger partial charge in [-0.1, -0.05) is 6.92 Å². The third-order valence-corrected chi connectivity index (χ3v) is 5.69. The van der Waals surface area contributed by atoms with Crippen LogP contribution < -0.4 is 10.1 Å². The van der Waals surface area contributed by atoms with Crippen molar-refractivity contribution in [3.8, 4) is 5.88 Å². The largest absolute Gasteiger partial charge is 0.475 e. The van der Waals surface area contributed by atoms with Gasteiger partial charge in [-0.15, -0.1) is 5.10 Å². The minimum Gasteiger partial charge on any atom is -0.475 e. The lowest BCUT2D eigenvalue weighted by atomic mass is 9.98. The molecule has 3 aromatic rings. The molecular weight excluding hydrogens is 358 g/mol. The summed E-state index contributed by atoms with van der Waals surface area (Å²) in [5.41, 5.74) is 3.66. The summed E-state index contributed by atoms with van der Waals surface area (Å²) in [6.07, 6.45) is 3.61. The summed E-state index contributed by atoms with van der Waals surface area (Å²) in [6, 6.07) is 0.298. The zero-order valence-electron chi connectivity index (χ0n) is 16.5. The third-order valence-electron chi connectivity index (χ3n) is 5.69. The number of aryl methyl sites for hydroxylation is 2. The Balaban J connectivity index is 1.58. The maximum absolute atomic E-state index is 6.07. The second kappa shape index (κ2) is 6.73. The van der Waals surface area contributed by atoms with Crippen LogP contribution in [0.4, 0.5) is 11.6 Å². The molecule has 1 N–H and O–H groups in total. The molecule has 1 fully saturated rings. The highest BCUT2D eigenvalue weighted by atomic mass is 16.5. The molecule has 0 aliphatic carbocycles. The number of ether oxygens (including phenoxy) is 2. The molecule has 2 aliphatic rings. The molecule has 5 heterocycles. The predicted octanol–water partition coefficient (Wildman–Crippen LogP) is 2.76.